The number of rotatable bonds is 4. The largest absolute Gasteiger partial charge is 0.411 e. The fraction of sp³-hybridized carbons (Fsp3) is 0.318. The number of aliphatic imine (C=N–C) groups is 1. The monoisotopic (exact) mass is 538 g/mol. The van der Waals surface area contributed by atoms with E-state index in [1.165, 1.54) is 51.5 Å². The van der Waals surface area contributed by atoms with Crippen LogP contribution in [-0.4, -0.2) is 55.5 Å². The van der Waals surface area contributed by atoms with Crippen molar-refractivity contribution in [2.24, 2.45) is 15.1 Å². The Labute approximate surface area is 210 Å². The number of primary amides is 1. The van der Waals surface area contributed by atoms with E-state index in [-0.39, 0.29) is 22.8 Å². The quantitative estimate of drug-likeness (QED) is 0.525. The molecular weight excluding hydrogens is 518 g/mol. The van der Waals surface area contributed by atoms with Crippen molar-refractivity contribution in [2.75, 3.05) is 19.5 Å². The van der Waals surface area contributed by atoms with E-state index in [9.17, 15) is 13.4 Å². The highest BCUT2D eigenvalue weighted by molar-refractivity contribution is 7.95. The van der Waals surface area contributed by atoms with Gasteiger partial charge >= 0.3 is 6.09 Å². The molecule has 14 heteroatoms. The summed E-state index contributed by atoms with van der Waals surface area (Å²) in [5, 5.41) is 4.27. The van der Waals surface area contributed by atoms with Crippen molar-refractivity contribution < 1.29 is 27.0 Å². The van der Waals surface area contributed by atoms with Gasteiger partial charge in [-0.15, -0.1) is 0 Å². The van der Waals surface area contributed by atoms with Crippen LogP contribution in [0.15, 0.2) is 50.5 Å². The first-order chi connectivity index (χ1) is 16.9. The van der Waals surface area contributed by atoms with Gasteiger partial charge in [0.2, 0.25) is 5.90 Å². The van der Waals surface area contributed by atoms with Crippen LogP contribution in [0, 0.1) is 5.82 Å². The third kappa shape index (κ3) is 4.32. The van der Waals surface area contributed by atoms with Crippen LogP contribution in [0.3, 0.4) is 0 Å². The molecule has 3 heterocycles. The second-order valence-corrected chi connectivity index (χ2v) is 11.9. The molecule has 3 aromatic rings. The molecule has 2 atom stereocenters. The van der Waals surface area contributed by atoms with Gasteiger partial charge in [-0.25, -0.2) is 37.1 Å². The highest BCUT2D eigenvalue weighted by Crippen LogP contribution is 2.42. The Balaban J connectivity index is 1.85. The number of hydrogen-bond donors (Lipinski definition) is 1. The van der Waals surface area contributed by atoms with Gasteiger partial charge in [0, 0.05) is 36.6 Å². The molecule has 0 radical (unpaired) electrons. The molecule has 1 amide bonds. The molecule has 36 heavy (non-hydrogen) atoms. The van der Waals surface area contributed by atoms with Gasteiger partial charge in [0.25, 0.3) is 0 Å². The minimum atomic E-state index is -3.31. The predicted molar refractivity (Wildman–Crippen MR) is 129 cm³/mol. The van der Waals surface area contributed by atoms with Crippen LogP contribution in [-0.2, 0) is 20.0 Å². The summed E-state index contributed by atoms with van der Waals surface area (Å²) in [4.78, 5) is 23.9. The molecule has 0 aliphatic carbocycles. The fourth-order valence-corrected chi connectivity index (χ4v) is 6.16. The smallest absolute Gasteiger partial charge is 0.394 e. The van der Waals surface area contributed by atoms with Crippen LogP contribution >= 0.6 is 11.6 Å². The minimum Gasteiger partial charge on any atom is -0.394 e. The molecule has 0 bridgehead atoms. The van der Waals surface area contributed by atoms with Crippen molar-refractivity contribution in [3.63, 3.8) is 0 Å². The maximum Gasteiger partial charge on any atom is 0.411 e. The second-order valence-electron chi connectivity index (χ2n) is 8.48. The minimum absolute atomic E-state index is 0.202. The molecule has 0 unspecified atom stereocenters. The Hall–Kier alpha value is -3.45. The molecule has 190 valence electrons. The molecular formula is C22H21ClF2N6O4S. The van der Waals surface area contributed by atoms with Crippen LogP contribution in [0.1, 0.15) is 19.4 Å². The number of alkyl halides is 1. The zero-order valence-electron chi connectivity index (χ0n) is 19.4. The molecule has 0 spiro atoms. The molecule has 2 aromatic heterocycles. The number of ether oxygens (including phenoxy) is 1. The fourth-order valence-electron chi connectivity index (χ4n) is 3.81. The van der Waals surface area contributed by atoms with Crippen molar-refractivity contribution in [2.45, 2.75) is 24.1 Å². The van der Waals surface area contributed by atoms with E-state index in [0.29, 0.717) is 10.6 Å². The molecule has 0 saturated heterocycles. The first-order valence-corrected chi connectivity index (χ1v) is 12.5. The second kappa shape index (κ2) is 9.21. The normalized spacial score (nSPS) is 23.1. The van der Waals surface area contributed by atoms with Gasteiger partial charge in [-0.05, 0) is 32.0 Å². The summed E-state index contributed by atoms with van der Waals surface area (Å²) in [7, 11) is -2.01. The van der Waals surface area contributed by atoms with Gasteiger partial charge in [-0.1, -0.05) is 16.8 Å². The summed E-state index contributed by atoms with van der Waals surface area (Å²) in [5.41, 5.74) is 3.52. The average molecular weight is 539 g/mol. The van der Waals surface area contributed by atoms with Crippen molar-refractivity contribution >= 4 is 33.3 Å². The highest BCUT2D eigenvalue weighted by atomic mass is 35.5. The summed E-state index contributed by atoms with van der Waals surface area (Å²) in [6.45, 7) is 1.70. The lowest BCUT2D eigenvalue weighted by Gasteiger charge is -2.41. The first kappa shape index (κ1) is 25.6. The number of hydrogen-bond acceptors (Lipinski definition) is 9. The number of carbonyl (C=O) groups is 1. The van der Waals surface area contributed by atoms with Crippen molar-refractivity contribution in [3.05, 3.63) is 53.1 Å². The van der Waals surface area contributed by atoms with Gasteiger partial charge < -0.3 is 15.0 Å². The average Bonchev–Trinajstić information content (AvgIpc) is 3.33. The summed E-state index contributed by atoms with van der Waals surface area (Å²) in [6, 6.07) is 5.32. The van der Waals surface area contributed by atoms with Crippen LogP contribution in [0.25, 0.3) is 22.8 Å². The third-order valence-electron chi connectivity index (χ3n) is 5.89. The topological polar surface area (TPSA) is 146 Å². The number of benzene rings is 1. The van der Waals surface area contributed by atoms with Crippen molar-refractivity contribution in [1.29, 1.82) is 0 Å². The zero-order chi connectivity index (χ0) is 26.3. The van der Waals surface area contributed by atoms with E-state index in [1.54, 1.807) is 0 Å². The van der Waals surface area contributed by atoms with Gasteiger partial charge in [-0.3, -0.25) is 0 Å². The summed E-state index contributed by atoms with van der Waals surface area (Å²) in [5.74, 6) is -1.24. The third-order valence-corrected chi connectivity index (χ3v) is 9.31. The van der Waals surface area contributed by atoms with E-state index < -0.39 is 50.3 Å². The van der Waals surface area contributed by atoms with Gasteiger partial charge in [0.15, 0.2) is 17.3 Å². The lowest BCUT2D eigenvalue weighted by atomic mass is 9.90. The van der Waals surface area contributed by atoms with E-state index in [1.807, 2.05) is 0 Å². The van der Waals surface area contributed by atoms with E-state index in [4.69, 9.17) is 26.6 Å². The van der Waals surface area contributed by atoms with Crippen LogP contribution in [0.2, 0.25) is 5.02 Å². The first-order valence-electron chi connectivity index (χ1n) is 10.5. The molecule has 1 aliphatic rings. The lowest BCUT2D eigenvalue weighted by Crippen LogP contribution is -2.55. The van der Waals surface area contributed by atoms with Crippen LogP contribution < -0.4 is 5.73 Å². The van der Waals surface area contributed by atoms with E-state index >= 15 is 4.39 Å². The predicted octanol–water partition coefficient (Wildman–Crippen LogP) is 4.14. The summed E-state index contributed by atoms with van der Waals surface area (Å²) < 4.78 is 56.7. The molecule has 0 fully saturated rings. The van der Waals surface area contributed by atoms with Gasteiger partial charge in [0.05, 0.1) is 20.5 Å². The Morgan fingerprint density at radius 3 is 2.61 bits per heavy atom. The Bertz CT molecular complexity index is 1480. The van der Waals surface area contributed by atoms with Crippen molar-refractivity contribution in [3.8, 4) is 22.8 Å². The number of carbonyl (C=O) groups excluding carboxylic acids is 1. The van der Waals surface area contributed by atoms with E-state index in [0.717, 1.165) is 6.07 Å². The lowest BCUT2D eigenvalue weighted by molar-refractivity contribution is 0.203. The number of halogens is 3. The Morgan fingerprint density at radius 2 is 2.00 bits per heavy atom. The van der Waals surface area contributed by atoms with Crippen molar-refractivity contribution in [1.82, 2.24) is 15.1 Å². The number of amides is 1. The summed E-state index contributed by atoms with van der Waals surface area (Å²) >= 11 is 5.81. The summed E-state index contributed by atoms with van der Waals surface area (Å²) in [6.07, 6.45) is 1.55. The molecule has 1 aromatic carbocycles. The zero-order valence-corrected chi connectivity index (χ0v) is 20.9. The number of aromatic nitrogens is 3. The Kier molecular flexibility index (Phi) is 6.56. The molecule has 2 N–H and O–H groups in total. The van der Waals surface area contributed by atoms with E-state index in [2.05, 4.69) is 24.5 Å². The number of nitrogens with two attached hydrogens (primary N) is 1. The standard InChI is InChI=1S/C22H21ClF2N6O4S/c1-21(2)19(34-20(26)32)30-22(10-24,11-36(21,33)27-3)14-6-12(4-5-15(14)25)17-7-16(31-35-17)18-28-8-13(23)9-29-18/h4-9H,10-11H2,1-3H3,(H2,26,32)/t22-,36-/m0/s1. The molecule has 4 rings (SSSR count). The van der Waals surface area contributed by atoms with Crippen LogP contribution in [0.5, 0.6) is 0 Å². The Morgan fingerprint density at radius 1 is 1.31 bits per heavy atom. The van der Waals surface area contributed by atoms with Gasteiger partial charge in [-0.2, -0.15) is 0 Å². The maximum atomic E-state index is 15.2. The maximum absolute atomic E-state index is 15.2. The molecule has 0 saturated carbocycles. The highest BCUT2D eigenvalue weighted by Gasteiger charge is 2.52. The van der Waals surface area contributed by atoms with Crippen LogP contribution in [0.4, 0.5) is 13.6 Å². The molecule has 10 nitrogen and oxygen atoms in total. The SMILES string of the molecule is CN=[S@]1(=O)C[C@@](CF)(c2cc(-c3cc(-c4ncc(Cl)cn4)no3)ccc2F)N=C(OC(N)=O)C1(C)C. The molecule has 1 aliphatic heterocycles. The van der Waals surface area contributed by atoms with Gasteiger partial charge in [0.1, 0.15) is 22.8 Å². The number of nitrogens with zero attached hydrogens (tertiary/aromatic N) is 5.